The molecule has 1 aromatic carbocycles. The van der Waals surface area contributed by atoms with E-state index >= 15 is 0 Å². The van der Waals surface area contributed by atoms with Crippen LogP contribution in [0, 0.1) is 0 Å². The molecule has 4 aromatic rings. The lowest BCUT2D eigenvalue weighted by atomic mass is 10.1. The number of thioether (sulfide) groups is 1. The molecule has 0 fully saturated rings. The van der Waals surface area contributed by atoms with Crippen LogP contribution < -0.4 is 5.32 Å². The standard InChI is InChI=1S/C19H14N4O3S/c24-18(14-10-17(26-22-14)16-2-1-8-25-16)20-13-5-3-12(4-6-13)15-11-23-7-9-27-19(23)21-15/h1-6,8,10-11H,7,9H2,(H,20,24). The highest BCUT2D eigenvalue weighted by Gasteiger charge is 2.17. The molecule has 0 atom stereocenters. The second-order valence-corrected chi connectivity index (χ2v) is 7.10. The van der Waals surface area contributed by atoms with Crippen molar-refractivity contribution in [1.29, 1.82) is 0 Å². The lowest BCUT2D eigenvalue weighted by Gasteiger charge is -2.04. The number of nitrogens with zero attached hydrogens (tertiary/aromatic N) is 3. The third-order valence-electron chi connectivity index (χ3n) is 4.25. The molecule has 134 valence electrons. The van der Waals surface area contributed by atoms with Gasteiger partial charge in [-0.2, -0.15) is 0 Å². The summed E-state index contributed by atoms with van der Waals surface area (Å²) in [6.45, 7) is 0.999. The summed E-state index contributed by atoms with van der Waals surface area (Å²) in [6, 6.07) is 12.6. The zero-order chi connectivity index (χ0) is 18.2. The predicted octanol–water partition coefficient (Wildman–Crippen LogP) is 4.16. The first kappa shape index (κ1) is 16.0. The maximum Gasteiger partial charge on any atom is 0.277 e. The van der Waals surface area contributed by atoms with Crippen LogP contribution in [0.5, 0.6) is 0 Å². The summed E-state index contributed by atoms with van der Waals surface area (Å²) in [5, 5.41) is 7.67. The van der Waals surface area contributed by atoms with E-state index in [9.17, 15) is 4.79 Å². The number of rotatable bonds is 4. The highest BCUT2D eigenvalue weighted by molar-refractivity contribution is 7.99. The molecule has 5 rings (SSSR count). The lowest BCUT2D eigenvalue weighted by molar-refractivity contribution is 0.101. The van der Waals surface area contributed by atoms with Gasteiger partial charge in [0.1, 0.15) is 0 Å². The van der Waals surface area contributed by atoms with Crippen molar-refractivity contribution in [3.8, 4) is 22.8 Å². The number of amides is 1. The van der Waals surface area contributed by atoms with Crippen molar-refractivity contribution in [2.75, 3.05) is 11.1 Å². The van der Waals surface area contributed by atoms with Crippen molar-refractivity contribution in [3.05, 3.63) is 60.6 Å². The molecule has 1 aliphatic heterocycles. The zero-order valence-corrected chi connectivity index (χ0v) is 14.9. The first-order chi connectivity index (χ1) is 13.3. The van der Waals surface area contributed by atoms with E-state index in [4.69, 9.17) is 8.94 Å². The van der Waals surface area contributed by atoms with Gasteiger partial charge in [0.25, 0.3) is 5.91 Å². The van der Waals surface area contributed by atoms with Crippen molar-refractivity contribution in [3.63, 3.8) is 0 Å². The van der Waals surface area contributed by atoms with Gasteiger partial charge < -0.3 is 18.8 Å². The van der Waals surface area contributed by atoms with E-state index in [2.05, 4.69) is 26.2 Å². The van der Waals surface area contributed by atoms with Crippen LogP contribution in [0.25, 0.3) is 22.8 Å². The Morgan fingerprint density at radius 3 is 2.85 bits per heavy atom. The number of hydrogen-bond donors (Lipinski definition) is 1. The molecule has 0 spiro atoms. The molecule has 0 radical (unpaired) electrons. The van der Waals surface area contributed by atoms with E-state index in [0.717, 1.165) is 28.7 Å². The van der Waals surface area contributed by atoms with E-state index in [1.165, 1.54) is 6.26 Å². The van der Waals surface area contributed by atoms with E-state index < -0.39 is 0 Å². The summed E-state index contributed by atoms with van der Waals surface area (Å²) >= 11 is 1.77. The number of nitrogens with one attached hydrogen (secondary N) is 1. The fourth-order valence-electron chi connectivity index (χ4n) is 2.89. The van der Waals surface area contributed by atoms with Crippen LogP contribution in [0.1, 0.15) is 10.5 Å². The molecular formula is C19H14N4O3S. The minimum Gasteiger partial charge on any atom is -0.461 e. The highest BCUT2D eigenvalue weighted by atomic mass is 32.2. The average Bonchev–Trinajstić information content (AvgIpc) is 3.45. The first-order valence-electron chi connectivity index (χ1n) is 8.39. The van der Waals surface area contributed by atoms with Gasteiger partial charge in [-0.15, -0.1) is 0 Å². The highest BCUT2D eigenvalue weighted by Crippen LogP contribution is 2.29. The molecule has 4 heterocycles. The second-order valence-electron chi connectivity index (χ2n) is 6.04. The van der Waals surface area contributed by atoms with Gasteiger partial charge in [0.05, 0.1) is 12.0 Å². The number of anilines is 1. The topological polar surface area (TPSA) is 86.1 Å². The Hall–Kier alpha value is -3.26. The van der Waals surface area contributed by atoms with Crippen LogP contribution in [-0.2, 0) is 6.54 Å². The van der Waals surface area contributed by atoms with E-state index in [0.29, 0.717) is 17.2 Å². The molecule has 1 N–H and O–H groups in total. The molecule has 7 nitrogen and oxygen atoms in total. The van der Waals surface area contributed by atoms with E-state index in [1.807, 2.05) is 24.3 Å². The van der Waals surface area contributed by atoms with Gasteiger partial charge in [-0.1, -0.05) is 29.1 Å². The number of furan rings is 1. The van der Waals surface area contributed by atoms with E-state index in [1.54, 1.807) is 30.0 Å². The van der Waals surface area contributed by atoms with Crippen molar-refractivity contribution < 1.29 is 13.7 Å². The Balaban J connectivity index is 1.30. The Morgan fingerprint density at radius 1 is 1.19 bits per heavy atom. The first-order valence-corrected chi connectivity index (χ1v) is 9.37. The van der Waals surface area contributed by atoms with Crippen LogP contribution in [0.2, 0.25) is 0 Å². The molecule has 1 amide bonds. The normalized spacial score (nSPS) is 12.9. The fraction of sp³-hybridized carbons (Fsp3) is 0.105. The quantitative estimate of drug-likeness (QED) is 0.574. The second kappa shape index (κ2) is 6.48. The molecule has 0 unspecified atom stereocenters. The average molecular weight is 378 g/mol. The number of benzene rings is 1. The van der Waals surface area contributed by atoms with E-state index in [-0.39, 0.29) is 11.6 Å². The fourth-order valence-corrected chi connectivity index (χ4v) is 3.83. The number of imidazole rings is 1. The third kappa shape index (κ3) is 3.04. The van der Waals surface area contributed by atoms with Gasteiger partial charge in [-0.25, -0.2) is 4.98 Å². The molecule has 0 saturated carbocycles. The van der Waals surface area contributed by atoms with Crippen molar-refractivity contribution in [2.24, 2.45) is 0 Å². The zero-order valence-electron chi connectivity index (χ0n) is 14.1. The van der Waals surface area contributed by atoms with Gasteiger partial charge in [0.2, 0.25) is 5.76 Å². The minimum absolute atomic E-state index is 0.188. The molecule has 1 aliphatic rings. The number of hydrogen-bond acceptors (Lipinski definition) is 6. The predicted molar refractivity (Wildman–Crippen MR) is 101 cm³/mol. The molecular weight excluding hydrogens is 364 g/mol. The monoisotopic (exact) mass is 378 g/mol. The summed E-state index contributed by atoms with van der Waals surface area (Å²) in [4.78, 5) is 17.0. The summed E-state index contributed by atoms with van der Waals surface area (Å²) in [5.74, 6) is 1.67. The number of aryl methyl sites for hydroxylation is 1. The van der Waals surface area contributed by atoms with Gasteiger partial charge in [0, 0.05) is 35.8 Å². The largest absolute Gasteiger partial charge is 0.461 e. The van der Waals surface area contributed by atoms with Crippen LogP contribution in [0.15, 0.2) is 69.0 Å². The van der Waals surface area contributed by atoms with Gasteiger partial charge in [-0.3, -0.25) is 4.79 Å². The minimum atomic E-state index is -0.346. The van der Waals surface area contributed by atoms with Crippen LogP contribution >= 0.6 is 11.8 Å². The Labute approximate surface area is 158 Å². The number of aromatic nitrogens is 3. The summed E-state index contributed by atoms with van der Waals surface area (Å²) < 4.78 is 12.6. The smallest absolute Gasteiger partial charge is 0.277 e. The van der Waals surface area contributed by atoms with Gasteiger partial charge >= 0.3 is 0 Å². The Morgan fingerprint density at radius 2 is 2.07 bits per heavy atom. The van der Waals surface area contributed by atoms with Crippen LogP contribution in [-0.4, -0.2) is 26.4 Å². The summed E-state index contributed by atoms with van der Waals surface area (Å²) in [7, 11) is 0. The van der Waals surface area contributed by atoms with Crippen molar-refractivity contribution >= 4 is 23.4 Å². The van der Waals surface area contributed by atoms with Crippen molar-refractivity contribution in [2.45, 2.75) is 11.7 Å². The maximum atomic E-state index is 12.4. The molecule has 0 aliphatic carbocycles. The van der Waals surface area contributed by atoms with Crippen LogP contribution in [0.3, 0.4) is 0 Å². The molecule has 3 aromatic heterocycles. The summed E-state index contributed by atoms with van der Waals surface area (Å²) in [6.07, 6.45) is 3.60. The molecule has 0 saturated heterocycles. The summed E-state index contributed by atoms with van der Waals surface area (Å²) in [5.41, 5.74) is 2.81. The van der Waals surface area contributed by atoms with Gasteiger partial charge in [0.15, 0.2) is 16.6 Å². The lowest BCUT2D eigenvalue weighted by Crippen LogP contribution is -2.11. The maximum absolute atomic E-state index is 12.4. The molecule has 0 bridgehead atoms. The number of carbonyl (C=O) groups is 1. The number of carbonyl (C=O) groups excluding carboxylic acids is 1. The third-order valence-corrected chi connectivity index (χ3v) is 5.22. The SMILES string of the molecule is O=C(Nc1ccc(-c2cn3c(n2)SCC3)cc1)c1cc(-c2ccco2)on1. The molecule has 8 heteroatoms. The van der Waals surface area contributed by atoms with Crippen molar-refractivity contribution in [1.82, 2.24) is 14.7 Å². The van der Waals surface area contributed by atoms with Crippen LogP contribution in [0.4, 0.5) is 5.69 Å². The Kier molecular flexibility index (Phi) is 3.83. The molecule has 27 heavy (non-hydrogen) atoms. The Bertz CT molecular complexity index is 1080. The number of fused-ring (bicyclic) bond motifs is 1. The van der Waals surface area contributed by atoms with Gasteiger partial charge in [-0.05, 0) is 24.3 Å².